The number of hydrogen-bond acceptors (Lipinski definition) is 9. The average molecular weight is 847 g/mol. The standard InChI is InChI=1S/C49H55N2O9P/c1-34(2)47(58-46(54)41-25-17-10-18-26-41)60-61(56,44(40-23-15-9-16-24-40)51-48(55)59-49(4,5)6)33-42(31-36-27-29-39(30-28-36)38-21-13-8-14-22-38)43(52)50-35(3)45(53)57-32-37-19-11-7-12-20-37/h7-30,34-35,42,44,47H,31-33H2,1-6H3,(H,50,52)(H,51,55)/t35-,42+,44+,47?,61?/m0/s1. The molecule has 61 heavy (non-hydrogen) atoms. The van der Waals surface area contributed by atoms with Crippen LogP contribution in [0.3, 0.4) is 0 Å². The number of alkyl carbamates (subject to hydrolysis) is 1. The molecule has 0 aliphatic heterocycles. The summed E-state index contributed by atoms with van der Waals surface area (Å²) in [7, 11) is -4.42. The highest BCUT2D eigenvalue weighted by atomic mass is 31.2. The Kier molecular flexibility index (Phi) is 16.2. The number of nitrogens with one attached hydrogen (secondary N) is 2. The third kappa shape index (κ3) is 14.0. The fraction of sp³-hybridized carbons (Fsp3) is 0.306. The zero-order chi connectivity index (χ0) is 44.0. The highest BCUT2D eigenvalue weighted by Gasteiger charge is 2.45. The van der Waals surface area contributed by atoms with Crippen molar-refractivity contribution in [1.29, 1.82) is 0 Å². The fourth-order valence-corrected chi connectivity index (χ4v) is 9.31. The highest BCUT2D eigenvalue weighted by Crippen LogP contribution is 2.61. The SMILES string of the molecule is CC(C)C(OC(=O)c1ccccc1)OP(=O)(C[C@@H](Cc1ccc(-c2ccccc2)cc1)C(=O)N[C@@H](C)C(=O)OCc1ccccc1)[C@@H](NC(=O)OC(C)(C)C)c1ccccc1. The first-order chi connectivity index (χ1) is 29.1. The molecule has 5 rings (SSSR count). The van der Waals surface area contributed by atoms with Crippen molar-refractivity contribution >= 4 is 31.3 Å². The van der Waals surface area contributed by atoms with Gasteiger partial charge >= 0.3 is 18.0 Å². The van der Waals surface area contributed by atoms with E-state index in [0.29, 0.717) is 5.56 Å². The smallest absolute Gasteiger partial charge is 0.408 e. The van der Waals surface area contributed by atoms with E-state index in [2.05, 4.69) is 10.6 Å². The predicted octanol–water partition coefficient (Wildman–Crippen LogP) is 10.1. The number of amides is 2. The van der Waals surface area contributed by atoms with E-state index in [9.17, 15) is 19.2 Å². The van der Waals surface area contributed by atoms with E-state index in [-0.39, 0.29) is 18.6 Å². The summed E-state index contributed by atoms with van der Waals surface area (Å²) in [5, 5.41) is 5.58. The lowest BCUT2D eigenvalue weighted by Crippen LogP contribution is -2.44. The minimum absolute atomic E-state index is 0.00744. The van der Waals surface area contributed by atoms with Gasteiger partial charge in [0, 0.05) is 12.1 Å². The molecule has 0 aromatic heterocycles. The summed E-state index contributed by atoms with van der Waals surface area (Å²) in [5.74, 6) is -4.99. The maximum atomic E-state index is 16.1. The lowest BCUT2D eigenvalue weighted by atomic mass is 9.97. The topological polar surface area (TPSA) is 146 Å². The van der Waals surface area contributed by atoms with Crippen LogP contribution in [0.2, 0.25) is 0 Å². The van der Waals surface area contributed by atoms with Crippen molar-refractivity contribution in [3.63, 3.8) is 0 Å². The Labute approximate surface area is 358 Å². The number of esters is 2. The summed E-state index contributed by atoms with van der Waals surface area (Å²) in [4.78, 5) is 54.8. The molecule has 0 spiro atoms. The van der Waals surface area contributed by atoms with Gasteiger partial charge in [0.2, 0.25) is 19.6 Å². The summed E-state index contributed by atoms with van der Waals surface area (Å²) in [5.41, 5.74) is 3.22. The third-order valence-electron chi connectivity index (χ3n) is 9.55. The van der Waals surface area contributed by atoms with Crippen molar-refractivity contribution in [2.45, 2.75) is 78.3 Å². The monoisotopic (exact) mass is 846 g/mol. The Balaban J connectivity index is 1.55. The molecule has 2 amide bonds. The van der Waals surface area contributed by atoms with E-state index in [0.717, 1.165) is 22.3 Å². The van der Waals surface area contributed by atoms with Crippen molar-refractivity contribution in [2.75, 3.05) is 6.16 Å². The van der Waals surface area contributed by atoms with Gasteiger partial charge in [0.1, 0.15) is 24.0 Å². The Morgan fingerprint density at radius 3 is 1.77 bits per heavy atom. The molecule has 320 valence electrons. The summed E-state index contributed by atoms with van der Waals surface area (Å²) in [6.07, 6.45) is -2.65. The summed E-state index contributed by atoms with van der Waals surface area (Å²) in [6.45, 7) is 10.1. The lowest BCUT2D eigenvalue weighted by Gasteiger charge is -2.35. The van der Waals surface area contributed by atoms with Crippen molar-refractivity contribution in [3.8, 4) is 11.1 Å². The number of benzene rings is 5. The second-order valence-electron chi connectivity index (χ2n) is 16.1. The van der Waals surface area contributed by atoms with Crippen LogP contribution < -0.4 is 10.6 Å². The van der Waals surface area contributed by atoms with E-state index < -0.39 is 73.0 Å². The van der Waals surface area contributed by atoms with Gasteiger partial charge in [-0.1, -0.05) is 147 Å². The van der Waals surface area contributed by atoms with Crippen molar-refractivity contribution in [1.82, 2.24) is 10.6 Å². The molecule has 0 radical (unpaired) electrons. The van der Waals surface area contributed by atoms with Gasteiger partial charge in [-0.05, 0) is 74.1 Å². The number of ether oxygens (including phenoxy) is 3. The maximum Gasteiger partial charge on any atom is 0.408 e. The molecule has 5 atom stereocenters. The summed E-state index contributed by atoms with van der Waals surface area (Å²) >= 11 is 0. The highest BCUT2D eigenvalue weighted by molar-refractivity contribution is 7.59. The average Bonchev–Trinajstić information content (AvgIpc) is 3.25. The van der Waals surface area contributed by atoms with Gasteiger partial charge in [-0.3, -0.25) is 13.9 Å². The number of rotatable bonds is 18. The molecule has 12 heteroatoms. The van der Waals surface area contributed by atoms with Gasteiger partial charge in [0.25, 0.3) is 0 Å². The van der Waals surface area contributed by atoms with Gasteiger partial charge in [0.15, 0.2) is 0 Å². The van der Waals surface area contributed by atoms with E-state index in [1.165, 1.54) is 6.92 Å². The second kappa shape index (κ2) is 21.5. The molecule has 0 bridgehead atoms. The van der Waals surface area contributed by atoms with E-state index in [4.69, 9.17) is 18.7 Å². The van der Waals surface area contributed by atoms with Crippen molar-refractivity contribution in [3.05, 3.63) is 168 Å². The summed E-state index contributed by atoms with van der Waals surface area (Å²) in [6, 6.07) is 42.5. The molecular weight excluding hydrogens is 792 g/mol. The summed E-state index contributed by atoms with van der Waals surface area (Å²) < 4.78 is 39.7. The number of carbonyl (C=O) groups is 4. The Bertz CT molecular complexity index is 2230. The van der Waals surface area contributed by atoms with Crippen LogP contribution in [-0.2, 0) is 45.9 Å². The molecule has 0 heterocycles. The zero-order valence-corrected chi connectivity index (χ0v) is 36.4. The molecule has 5 aromatic carbocycles. The van der Waals surface area contributed by atoms with Crippen LogP contribution in [-0.4, -0.2) is 48.0 Å². The van der Waals surface area contributed by atoms with Crippen LogP contribution in [0.25, 0.3) is 11.1 Å². The third-order valence-corrected chi connectivity index (χ3v) is 12.3. The van der Waals surface area contributed by atoms with Crippen LogP contribution in [0.1, 0.15) is 74.4 Å². The van der Waals surface area contributed by atoms with Crippen molar-refractivity contribution < 1.29 is 42.5 Å². The predicted molar refractivity (Wildman–Crippen MR) is 236 cm³/mol. The molecule has 0 fully saturated rings. The van der Waals surface area contributed by atoms with Gasteiger partial charge in [-0.25, -0.2) is 14.4 Å². The van der Waals surface area contributed by atoms with Crippen LogP contribution >= 0.6 is 7.37 Å². The Hall–Kier alpha value is -6.03. The van der Waals surface area contributed by atoms with Crippen LogP contribution in [0.5, 0.6) is 0 Å². The van der Waals surface area contributed by atoms with Crippen molar-refractivity contribution in [2.24, 2.45) is 11.8 Å². The van der Waals surface area contributed by atoms with Crippen LogP contribution in [0.4, 0.5) is 4.79 Å². The maximum absolute atomic E-state index is 16.1. The first-order valence-electron chi connectivity index (χ1n) is 20.3. The van der Waals surface area contributed by atoms with E-state index in [1.54, 1.807) is 95.3 Å². The zero-order valence-electron chi connectivity index (χ0n) is 35.5. The van der Waals surface area contributed by atoms with Crippen LogP contribution in [0.15, 0.2) is 146 Å². The normalized spacial score (nSPS) is 14.3. The molecule has 11 nitrogen and oxygen atoms in total. The first-order valence-corrected chi connectivity index (χ1v) is 22.2. The lowest BCUT2D eigenvalue weighted by molar-refractivity contribution is -0.148. The first kappa shape index (κ1) is 46.0. The van der Waals surface area contributed by atoms with Gasteiger partial charge in [0.05, 0.1) is 11.5 Å². The molecule has 2 N–H and O–H groups in total. The molecule has 0 aliphatic rings. The van der Waals surface area contributed by atoms with Gasteiger partial charge < -0.3 is 24.8 Å². The number of carbonyl (C=O) groups excluding carboxylic acids is 4. The van der Waals surface area contributed by atoms with E-state index >= 15 is 4.57 Å². The molecular formula is C49H55N2O9P. The minimum atomic E-state index is -4.42. The quantitative estimate of drug-likeness (QED) is 0.0381. The Morgan fingerprint density at radius 1 is 0.656 bits per heavy atom. The van der Waals surface area contributed by atoms with Gasteiger partial charge in [-0.2, -0.15) is 0 Å². The molecule has 0 saturated heterocycles. The van der Waals surface area contributed by atoms with Gasteiger partial charge in [-0.15, -0.1) is 0 Å². The fourth-order valence-electron chi connectivity index (χ4n) is 6.42. The van der Waals surface area contributed by atoms with E-state index in [1.807, 2.05) is 84.9 Å². The molecule has 0 saturated carbocycles. The minimum Gasteiger partial charge on any atom is -0.459 e. The molecule has 2 unspecified atom stereocenters. The molecule has 5 aromatic rings. The largest absolute Gasteiger partial charge is 0.459 e. The van der Waals surface area contributed by atoms with Crippen LogP contribution in [0, 0.1) is 11.8 Å². The molecule has 0 aliphatic carbocycles. The second-order valence-corrected chi connectivity index (χ2v) is 18.7. The Morgan fingerprint density at radius 2 is 1.20 bits per heavy atom. The number of hydrogen-bond donors (Lipinski definition) is 2.